The van der Waals surface area contributed by atoms with Crippen molar-refractivity contribution in [3.63, 3.8) is 0 Å². The molecule has 1 unspecified atom stereocenters. The summed E-state index contributed by atoms with van der Waals surface area (Å²) in [6.07, 6.45) is 13.1. The largest absolute Gasteiger partial charge is 0.385 e. The van der Waals surface area contributed by atoms with Crippen molar-refractivity contribution < 1.29 is 4.74 Å². The Bertz CT molecular complexity index is 585. The maximum absolute atomic E-state index is 6.64. The van der Waals surface area contributed by atoms with Crippen LogP contribution in [0.4, 0.5) is 0 Å². The molecule has 1 saturated carbocycles. The first kappa shape index (κ1) is 19.3. The van der Waals surface area contributed by atoms with Gasteiger partial charge in [-0.2, -0.15) is 0 Å². The summed E-state index contributed by atoms with van der Waals surface area (Å²) in [4.78, 5) is 0. The molecule has 0 aromatic carbocycles. The number of halogens is 1. The lowest BCUT2D eigenvalue weighted by atomic mass is 10.0. The summed E-state index contributed by atoms with van der Waals surface area (Å²) in [6.45, 7) is 8.25. The van der Waals surface area contributed by atoms with Gasteiger partial charge in [-0.15, -0.1) is 0 Å². The minimum absolute atomic E-state index is 0.319. The lowest BCUT2D eigenvalue weighted by Crippen LogP contribution is -2.21. The lowest BCUT2D eigenvalue weighted by molar-refractivity contribution is 0.191. The van der Waals surface area contributed by atoms with Gasteiger partial charge >= 0.3 is 0 Å². The van der Waals surface area contributed by atoms with Crippen molar-refractivity contribution in [1.29, 1.82) is 0 Å². The van der Waals surface area contributed by atoms with E-state index in [1.807, 2.05) is 25.2 Å². The quantitative estimate of drug-likeness (QED) is 0.464. The molecule has 134 valence electrons. The predicted molar refractivity (Wildman–Crippen MR) is 103 cm³/mol. The highest BCUT2D eigenvalue weighted by Crippen LogP contribution is 2.34. The van der Waals surface area contributed by atoms with E-state index < -0.39 is 0 Å². The number of hydrogen-bond donors (Lipinski definition) is 1. The van der Waals surface area contributed by atoms with Gasteiger partial charge in [0.1, 0.15) is 0 Å². The van der Waals surface area contributed by atoms with Crippen LogP contribution in [0.15, 0.2) is 24.4 Å². The third kappa shape index (κ3) is 5.23. The summed E-state index contributed by atoms with van der Waals surface area (Å²) >= 11 is 6.64. The number of ether oxygens (including phenoxy) is 1. The van der Waals surface area contributed by atoms with E-state index >= 15 is 0 Å². The van der Waals surface area contributed by atoms with Crippen LogP contribution in [0.25, 0.3) is 5.03 Å². The van der Waals surface area contributed by atoms with Crippen molar-refractivity contribution >= 4 is 16.6 Å². The summed E-state index contributed by atoms with van der Waals surface area (Å²) in [5, 5.41) is 4.52. The monoisotopic (exact) mass is 350 g/mol. The molecule has 0 amide bonds. The molecule has 4 heteroatoms. The molecule has 0 saturated heterocycles. The first-order valence-corrected chi connectivity index (χ1v) is 9.39. The molecule has 0 aliphatic heterocycles. The van der Waals surface area contributed by atoms with Crippen molar-refractivity contribution in [3.05, 3.63) is 41.2 Å². The number of hydrogen-bond acceptors (Lipinski definition) is 2. The van der Waals surface area contributed by atoms with E-state index in [1.165, 1.54) is 29.7 Å². The molecular formula is C20H31ClN2O. The van der Waals surface area contributed by atoms with Gasteiger partial charge in [0, 0.05) is 54.8 Å². The van der Waals surface area contributed by atoms with Crippen LogP contribution in [0.3, 0.4) is 0 Å². The number of unbranched alkanes of at least 4 members (excludes halogenated alkanes) is 1. The molecule has 1 fully saturated rings. The van der Waals surface area contributed by atoms with Crippen LogP contribution >= 0.6 is 11.6 Å². The number of aromatic nitrogens is 1. The molecule has 1 aromatic rings. The van der Waals surface area contributed by atoms with Crippen LogP contribution in [0.5, 0.6) is 0 Å². The molecule has 1 aromatic heterocycles. The molecule has 0 radical (unpaired) electrons. The fraction of sp³-hybridized carbons (Fsp3) is 0.600. The van der Waals surface area contributed by atoms with Crippen molar-refractivity contribution in [1.82, 2.24) is 9.88 Å². The highest BCUT2D eigenvalue weighted by Gasteiger charge is 2.26. The fourth-order valence-corrected chi connectivity index (χ4v) is 3.36. The molecule has 0 bridgehead atoms. The summed E-state index contributed by atoms with van der Waals surface area (Å²) in [7, 11) is 1.76. The summed E-state index contributed by atoms with van der Waals surface area (Å²) < 4.78 is 7.50. The second kappa shape index (κ2) is 9.45. The predicted octanol–water partition coefficient (Wildman–Crippen LogP) is 5.19. The molecule has 1 aliphatic rings. The molecular weight excluding hydrogens is 320 g/mol. The third-order valence-electron chi connectivity index (χ3n) is 4.58. The van der Waals surface area contributed by atoms with Gasteiger partial charge in [-0.1, -0.05) is 23.8 Å². The zero-order valence-corrected chi connectivity index (χ0v) is 16.2. The smallest absolute Gasteiger partial charge is 0.0499 e. The van der Waals surface area contributed by atoms with Crippen LogP contribution in [0.2, 0.25) is 0 Å². The van der Waals surface area contributed by atoms with Crippen LogP contribution in [0, 0.1) is 6.92 Å². The average Bonchev–Trinajstić information content (AvgIpc) is 3.31. The maximum Gasteiger partial charge on any atom is 0.0499 e. The van der Waals surface area contributed by atoms with Crippen LogP contribution < -0.4 is 5.32 Å². The van der Waals surface area contributed by atoms with Crippen molar-refractivity contribution in [3.8, 4) is 0 Å². The van der Waals surface area contributed by atoms with E-state index in [4.69, 9.17) is 16.3 Å². The first-order chi connectivity index (χ1) is 11.6. The Balaban J connectivity index is 2.24. The van der Waals surface area contributed by atoms with Crippen molar-refractivity contribution in [2.24, 2.45) is 0 Å². The third-order valence-corrected chi connectivity index (χ3v) is 4.89. The Kier molecular flexibility index (Phi) is 7.60. The topological polar surface area (TPSA) is 26.2 Å². The molecule has 1 heterocycles. The fourth-order valence-electron chi connectivity index (χ4n) is 3.04. The molecule has 0 spiro atoms. The summed E-state index contributed by atoms with van der Waals surface area (Å²) in [5.41, 5.74) is 3.73. The minimum atomic E-state index is 0.319. The molecule has 24 heavy (non-hydrogen) atoms. The minimum Gasteiger partial charge on any atom is -0.385 e. The van der Waals surface area contributed by atoms with Gasteiger partial charge in [0.15, 0.2) is 0 Å². The number of nitrogens with one attached hydrogen (secondary N) is 1. The maximum atomic E-state index is 6.64. The zero-order valence-electron chi connectivity index (χ0n) is 15.4. The Morgan fingerprint density at radius 3 is 2.83 bits per heavy atom. The molecule has 2 rings (SSSR count). The van der Waals surface area contributed by atoms with E-state index in [1.54, 1.807) is 7.11 Å². The summed E-state index contributed by atoms with van der Waals surface area (Å²) in [6, 6.07) is 0.996. The Morgan fingerprint density at radius 1 is 1.46 bits per heavy atom. The Hall–Kier alpha value is -1.03. The van der Waals surface area contributed by atoms with Gasteiger partial charge < -0.3 is 14.6 Å². The number of nitrogens with zero attached hydrogens (tertiary/aromatic N) is 1. The Morgan fingerprint density at radius 2 is 2.21 bits per heavy atom. The number of aryl methyl sites for hydroxylation is 1. The van der Waals surface area contributed by atoms with Gasteiger partial charge in [0.2, 0.25) is 0 Å². The van der Waals surface area contributed by atoms with Gasteiger partial charge in [-0.25, -0.2) is 0 Å². The highest BCUT2D eigenvalue weighted by atomic mass is 35.5. The van der Waals surface area contributed by atoms with Crippen molar-refractivity contribution in [2.75, 3.05) is 13.7 Å². The number of allylic oxidation sites excluding steroid dienone is 3. The van der Waals surface area contributed by atoms with Crippen LogP contribution in [0.1, 0.15) is 62.4 Å². The lowest BCUT2D eigenvalue weighted by Gasteiger charge is -2.14. The van der Waals surface area contributed by atoms with E-state index in [0.717, 1.165) is 31.0 Å². The highest BCUT2D eigenvalue weighted by molar-refractivity contribution is 6.49. The second-order valence-electron chi connectivity index (χ2n) is 6.64. The van der Waals surface area contributed by atoms with E-state index in [2.05, 4.69) is 29.9 Å². The number of rotatable bonds is 10. The van der Waals surface area contributed by atoms with Gasteiger partial charge in [0.25, 0.3) is 0 Å². The van der Waals surface area contributed by atoms with E-state index in [9.17, 15) is 0 Å². The van der Waals surface area contributed by atoms with Gasteiger partial charge in [-0.3, -0.25) is 0 Å². The average molecular weight is 351 g/mol. The SMILES string of the molecule is C/C=C/C=C(/Cl)c1c(C(C)NC2CC2)cn(CCCCOC)c1C. The van der Waals surface area contributed by atoms with E-state index in [-0.39, 0.29) is 0 Å². The standard InChI is InChI=1S/C20H31ClN2O/c1-5-6-9-19(21)20-16(3)23(12-7-8-13-24-4)14-18(20)15(2)22-17-10-11-17/h5-6,9,14-15,17,22H,7-8,10-13H2,1-4H3/b6-5+,19-9+. The molecule has 1 aliphatic carbocycles. The molecule has 1 N–H and O–H groups in total. The number of methoxy groups -OCH3 is 1. The van der Waals surface area contributed by atoms with E-state index in [0.29, 0.717) is 12.1 Å². The van der Waals surface area contributed by atoms with Crippen LogP contribution in [-0.4, -0.2) is 24.3 Å². The molecule has 3 nitrogen and oxygen atoms in total. The van der Waals surface area contributed by atoms with Crippen molar-refractivity contribution in [2.45, 2.75) is 65.1 Å². The van der Waals surface area contributed by atoms with Gasteiger partial charge in [-0.05, 0) is 58.1 Å². The zero-order chi connectivity index (χ0) is 17.5. The van der Waals surface area contributed by atoms with Gasteiger partial charge in [0.05, 0.1) is 0 Å². The Labute approximate surface area is 151 Å². The summed E-state index contributed by atoms with van der Waals surface area (Å²) in [5.74, 6) is 0. The molecule has 1 atom stereocenters. The second-order valence-corrected chi connectivity index (χ2v) is 7.05. The first-order valence-electron chi connectivity index (χ1n) is 9.02. The normalized spacial score (nSPS) is 17.0. The van der Waals surface area contributed by atoms with Crippen LogP contribution in [-0.2, 0) is 11.3 Å².